The quantitative estimate of drug-likeness (QED) is 0.828. The number of aromatic nitrogens is 1. The van der Waals surface area contributed by atoms with Crippen LogP contribution >= 0.6 is 11.3 Å². The number of hydrogen-bond donors (Lipinski definition) is 1. The third-order valence-electron chi connectivity index (χ3n) is 2.49. The van der Waals surface area contributed by atoms with Crippen molar-refractivity contribution < 1.29 is 4.74 Å². The van der Waals surface area contributed by atoms with E-state index in [0.29, 0.717) is 11.2 Å². The molecular formula is C10H17N3OS. The molecule has 15 heavy (non-hydrogen) atoms. The van der Waals surface area contributed by atoms with Crippen molar-refractivity contribution in [3.05, 3.63) is 11.1 Å². The topological polar surface area (TPSA) is 51.4 Å². The maximum absolute atomic E-state index is 5.61. The molecule has 0 radical (unpaired) electrons. The Hall–Kier alpha value is -0.650. The van der Waals surface area contributed by atoms with Crippen LogP contribution in [0.15, 0.2) is 6.20 Å². The largest absolute Gasteiger partial charge is 0.377 e. The van der Waals surface area contributed by atoms with Gasteiger partial charge < -0.3 is 10.5 Å². The van der Waals surface area contributed by atoms with Crippen molar-refractivity contribution in [2.75, 3.05) is 25.4 Å². The van der Waals surface area contributed by atoms with Crippen molar-refractivity contribution in [3.8, 4) is 0 Å². The highest BCUT2D eigenvalue weighted by Crippen LogP contribution is 2.17. The number of thiazole rings is 1. The summed E-state index contributed by atoms with van der Waals surface area (Å²) in [6.07, 6.45) is 3.31. The Balaban J connectivity index is 1.92. The smallest absolute Gasteiger partial charge is 0.180 e. The molecule has 1 atom stereocenters. The van der Waals surface area contributed by atoms with E-state index in [0.717, 1.165) is 32.7 Å². The van der Waals surface area contributed by atoms with E-state index in [-0.39, 0.29) is 0 Å². The summed E-state index contributed by atoms with van der Waals surface area (Å²) in [5.41, 5.74) is 5.61. The Bertz CT molecular complexity index is 315. The zero-order chi connectivity index (χ0) is 10.7. The second kappa shape index (κ2) is 4.92. The number of anilines is 1. The standard InChI is InChI=1S/C10H17N3OS/c1-8-6-13(3-2-4-14-8)7-9-5-12-10(11)15-9/h5,8H,2-4,6-7H2,1H3,(H2,11,12). The van der Waals surface area contributed by atoms with Crippen LogP contribution in [0.2, 0.25) is 0 Å². The van der Waals surface area contributed by atoms with Crippen LogP contribution in [0.5, 0.6) is 0 Å². The van der Waals surface area contributed by atoms with Crippen LogP contribution in [-0.2, 0) is 11.3 Å². The van der Waals surface area contributed by atoms with Crippen LogP contribution in [0, 0.1) is 0 Å². The number of nitrogen functional groups attached to an aromatic ring is 1. The second-order valence-corrected chi connectivity index (χ2v) is 5.08. The molecule has 1 unspecified atom stereocenters. The van der Waals surface area contributed by atoms with E-state index in [9.17, 15) is 0 Å². The molecule has 0 aliphatic carbocycles. The molecular weight excluding hydrogens is 210 g/mol. The zero-order valence-electron chi connectivity index (χ0n) is 8.98. The van der Waals surface area contributed by atoms with Gasteiger partial charge in [0.1, 0.15) is 0 Å². The van der Waals surface area contributed by atoms with Crippen LogP contribution < -0.4 is 5.73 Å². The molecule has 1 aromatic rings. The third-order valence-corrected chi connectivity index (χ3v) is 3.30. The lowest BCUT2D eigenvalue weighted by molar-refractivity contribution is 0.0669. The molecule has 2 heterocycles. The molecule has 4 nitrogen and oxygen atoms in total. The Labute approximate surface area is 94.1 Å². The minimum Gasteiger partial charge on any atom is -0.377 e. The zero-order valence-corrected chi connectivity index (χ0v) is 9.80. The van der Waals surface area contributed by atoms with Gasteiger partial charge in [0.2, 0.25) is 0 Å². The van der Waals surface area contributed by atoms with E-state index in [4.69, 9.17) is 10.5 Å². The van der Waals surface area contributed by atoms with Crippen molar-refractivity contribution in [1.29, 1.82) is 0 Å². The van der Waals surface area contributed by atoms with Crippen LogP contribution in [-0.4, -0.2) is 35.7 Å². The molecule has 2 N–H and O–H groups in total. The average Bonchev–Trinajstić information content (AvgIpc) is 2.46. The summed E-state index contributed by atoms with van der Waals surface area (Å²) in [6, 6.07) is 0. The van der Waals surface area contributed by atoms with E-state index in [2.05, 4.69) is 16.8 Å². The first-order chi connectivity index (χ1) is 7.24. The monoisotopic (exact) mass is 227 g/mol. The first-order valence-electron chi connectivity index (χ1n) is 5.28. The Morgan fingerprint density at radius 2 is 2.60 bits per heavy atom. The number of ether oxygens (including phenoxy) is 1. The molecule has 84 valence electrons. The normalized spacial score (nSPS) is 23.9. The van der Waals surface area contributed by atoms with Gasteiger partial charge in [0.15, 0.2) is 5.13 Å². The van der Waals surface area contributed by atoms with Crippen molar-refractivity contribution >= 4 is 16.5 Å². The van der Waals surface area contributed by atoms with Gasteiger partial charge in [-0.25, -0.2) is 4.98 Å². The highest BCUT2D eigenvalue weighted by Gasteiger charge is 2.15. The molecule has 1 fully saturated rings. The molecule has 1 aromatic heterocycles. The summed E-state index contributed by atoms with van der Waals surface area (Å²) in [7, 11) is 0. The van der Waals surface area contributed by atoms with Gasteiger partial charge in [-0.2, -0.15) is 0 Å². The molecule has 0 amide bonds. The predicted molar refractivity (Wildman–Crippen MR) is 61.8 cm³/mol. The van der Waals surface area contributed by atoms with Crippen molar-refractivity contribution in [3.63, 3.8) is 0 Å². The van der Waals surface area contributed by atoms with Crippen molar-refractivity contribution in [1.82, 2.24) is 9.88 Å². The lowest BCUT2D eigenvalue weighted by atomic mass is 10.3. The molecule has 1 aliphatic rings. The molecule has 0 saturated carbocycles. The first kappa shape index (κ1) is 10.9. The lowest BCUT2D eigenvalue weighted by Crippen LogP contribution is -2.29. The molecule has 0 aromatic carbocycles. The Morgan fingerprint density at radius 1 is 1.73 bits per heavy atom. The fourth-order valence-electron chi connectivity index (χ4n) is 1.84. The fraction of sp³-hybridized carbons (Fsp3) is 0.700. The maximum atomic E-state index is 5.61. The summed E-state index contributed by atoms with van der Waals surface area (Å²) >= 11 is 1.57. The predicted octanol–water partition coefficient (Wildman–Crippen LogP) is 1.34. The third kappa shape index (κ3) is 3.15. The summed E-state index contributed by atoms with van der Waals surface area (Å²) in [4.78, 5) is 7.71. The van der Waals surface area contributed by atoms with Gasteiger partial charge in [-0.1, -0.05) is 0 Å². The van der Waals surface area contributed by atoms with Crippen LogP contribution in [0.25, 0.3) is 0 Å². The van der Waals surface area contributed by atoms with Crippen molar-refractivity contribution in [2.45, 2.75) is 26.0 Å². The molecule has 1 aliphatic heterocycles. The highest BCUT2D eigenvalue weighted by molar-refractivity contribution is 7.15. The highest BCUT2D eigenvalue weighted by atomic mass is 32.1. The Morgan fingerprint density at radius 3 is 3.33 bits per heavy atom. The number of nitrogens with two attached hydrogens (primary N) is 1. The summed E-state index contributed by atoms with van der Waals surface area (Å²) < 4.78 is 5.60. The first-order valence-corrected chi connectivity index (χ1v) is 6.10. The SMILES string of the molecule is CC1CN(Cc2cnc(N)s2)CCCO1. The van der Waals surface area contributed by atoms with Gasteiger partial charge in [0.25, 0.3) is 0 Å². The second-order valence-electron chi connectivity index (χ2n) is 3.93. The minimum atomic E-state index is 0.331. The number of rotatable bonds is 2. The molecule has 0 spiro atoms. The Kier molecular flexibility index (Phi) is 3.56. The number of nitrogens with zero attached hydrogens (tertiary/aromatic N) is 2. The van der Waals surface area contributed by atoms with E-state index in [1.54, 1.807) is 11.3 Å². The van der Waals surface area contributed by atoms with E-state index in [1.165, 1.54) is 4.88 Å². The maximum Gasteiger partial charge on any atom is 0.180 e. The summed E-state index contributed by atoms with van der Waals surface area (Å²) in [5.74, 6) is 0. The summed E-state index contributed by atoms with van der Waals surface area (Å²) in [5, 5.41) is 0.657. The minimum absolute atomic E-state index is 0.331. The summed E-state index contributed by atoms with van der Waals surface area (Å²) in [6.45, 7) is 6.05. The number of hydrogen-bond acceptors (Lipinski definition) is 5. The van der Waals surface area contributed by atoms with Crippen LogP contribution in [0.3, 0.4) is 0 Å². The lowest BCUT2D eigenvalue weighted by Gasteiger charge is -2.20. The van der Waals surface area contributed by atoms with Gasteiger partial charge in [-0.3, -0.25) is 4.90 Å². The van der Waals surface area contributed by atoms with Gasteiger partial charge in [0, 0.05) is 37.3 Å². The van der Waals surface area contributed by atoms with Gasteiger partial charge >= 0.3 is 0 Å². The van der Waals surface area contributed by atoms with E-state index < -0.39 is 0 Å². The van der Waals surface area contributed by atoms with Gasteiger partial charge in [-0.15, -0.1) is 11.3 Å². The molecule has 1 saturated heterocycles. The fourth-order valence-corrected chi connectivity index (χ4v) is 2.57. The van der Waals surface area contributed by atoms with Crippen molar-refractivity contribution in [2.24, 2.45) is 0 Å². The molecule has 2 rings (SSSR count). The molecule has 0 bridgehead atoms. The van der Waals surface area contributed by atoms with Crippen LogP contribution in [0.1, 0.15) is 18.2 Å². The average molecular weight is 227 g/mol. The van der Waals surface area contributed by atoms with E-state index in [1.807, 2.05) is 6.20 Å². The van der Waals surface area contributed by atoms with E-state index >= 15 is 0 Å². The van der Waals surface area contributed by atoms with Crippen LogP contribution in [0.4, 0.5) is 5.13 Å². The van der Waals surface area contributed by atoms with Gasteiger partial charge in [-0.05, 0) is 13.3 Å². The van der Waals surface area contributed by atoms with Gasteiger partial charge in [0.05, 0.1) is 6.10 Å². The molecule has 5 heteroatoms.